The molecule has 0 aliphatic carbocycles. The summed E-state index contributed by atoms with van der Waals surface area (Å²) in [7, 11) is 1.62. The Morgan fingerprint density at radius 2 is 2.17 bits per heavy atom. The molecule has 5 heteroatoms. The molecule has 1 atom stereocenters. The summed E-state index contributed by atoms with van der Waals surface area (Å²) in [4.78, 5) is 13.9. The van der Waals surface area contributed by atoms with E-state index in [2.05, 4.69) is 0 Å². The van der Waals surface area contributed by atoms with Gasteiger partial charge in [0.15, 0.2) is 6.23 Å². The highest BCUT2D eigenvalue weighted by Gasteiger charge is 2.35. The number of fused-ring (bicyclic) bond motifs is 1. The van der Waals surface area contributed by atoms with E-state index in [-0.39, 0.29) is 12.1 Å². The molecule has 0 saturated heterocycles. The summed E-state index contributed by atoms with van der Waals surface area (Å²) in [5, 5.41) is 0. The van der Waals surface area contributed by atoms with Crippen molar-refractivity contribution < 1.29 is 14.3 Å². The van der Waals surface area contributed by atoms with E-state index >= 15 is 0 Å². The Bertz CT molecular complexity index is 424. The van der Waals surface area contributed by atoms with Crippen LogP contribution in [0.2, 0.25) is 0 Å². The van der Waals surface area contributed by atoms with E-state index in [1.807, 2.05) is 30.5 Å². The first kappa shape index (κ1) is 13.4. The van der Waals surface area contributed by atoms with Crippen LogP contribution in [0.5, 0.6) is 0 Å². The number of ether oxygens (including phenoxy) is 2. The molecule has 1 unspecified atom stereocenters. The topological polar surface area (TPSA) is 38.8 Å². The number of rotatable bonds is 6. The van der Waals surface area contributed by atoms with Crippen LogP contribution in [0.3, 0.4) is 0 Å². The molecule has 0 saturated carbocycles. The fourth-order valence-electron chi connectivity index (χ4n) is 2.11. The summed E-state index contributed by atoms with van der Waals surface area (Å²) >= 11 is 1.62. The third-order valence-electron chi connectivity index (χ3n) is 2.90. The summed E-state index contributed by atoms with van der Waals surface area (Å²) in [5.41, 5.74) is 1.67. The normalized spacial score (nSPS) is 18.2. The van der Waals surface area contributed by atoms with Crippen LogP contribution >= 0.6 is 11.8 Å². The quantitative estimate of drug-likeness (QED) is 0.584. The van der Waals surface area contributed by atoms with Gasteiger partial charge in [0.2, 0.25) is 0 Å². The van der Waals surface area contributed by atoms with Gasteiger partial charge in [-0.15, -0.1) is 11.8 Å². The number of amides is 1. The van der Waals surface area contributed by atoms with Gasteiger partial charge in [0.1, 0.15) is 0 Å². The van der Waals surface area contributed by atoms with Crippen LogP contribution in [0.15, 0.2) is 24.3 Å². The van der Waals surface area contributed by atoms with Gasteiger partial charge in [-0.2, -0.15) is 0 Å². The molecule has 0 spiro atoms. The lowest BCUT2D eigenvalue weighted by Crippen LogP contribution is -2.32. The lowest BCUT2D eigenvalue weighted by Gasteiger charge is -2.23. The first-order chi connectivity index (χ1) is 8.79. The Labute approximate surface area is 111 Å². The van der Waals surface area contributed by atoms with E-state index in [1.165, 1.54) is 0 Å². The number of nitrogens with zero attached hydrogens (tertiary/aromatic N) is 1. The van der Waals surface area contributed by atoms with E-state index in [1.54, 1.807) is 23.8 Å². The van der Waals surface area contributed by atoms with Gasteiger partial charge in [-0.05, 0) is 12.3 Å². The van der Waals surface area contributed by atoms with Crippen LogP contribution in [0.25, 0.3) is 0 Å². The molecule has 1 aliphatic heterocycles. The molecule has 1 aromatic rings. The summed E-state index contributed by atoms with van der Waals surface area (Å²) < 4.78 is 10.8. The molecular formula is C13H17NO3S. The zero-order chi connectivity index (χ0) is 13.0. The van der Waals surface area contributed by atoms with E-state index in [0.29, 0.717) is 19.1 Å². The monoisotopic (exact) mass is 267 g/mol. The number of hydrogen-bond acceptors (Lipinski definition) is 4. The molecule has 0 aromatic heterocycles. The first-order valence-corrected chi connectivity index (χ1v) is 7.18. The van der Waals surface area contributed by atoms with Crippen LogP contribution in [0.1, 0.15) is 22.1 Å². The second kappa shape index (κ2) is 6.22. The van der Waals surface area contributed by atoms with Gasteiger partial charge in [0, 0.05) is 24.8 Å². The number of methoxy groups -OCH3 is 1. The van der Waals surface area contributed by atoms with Crippen molar-refractivity contribution >= 4 is 17.7 Å². The smallest absolute Gasteiger partial charge is 0.256 e. The number of carbonyl (C=O) groups is 1. The summed E-state index contributed by atoms with van der Waals surface area (Å²) in [5.74, 6) is 0.664. The highest BCUT2D eigenvalue weighted by Crippen LogP contribution is 2.33. The maximum Gasteiger partial charge on any atom is 0.256 e. The van der Waals surface area contributed by atoms with Crippen molar-refractivity contribution in [2.75, 3.05) is 32.5 Å². The fraction of sp³-hybridized carbons (Fsp3) is 0.462. The first-order valence-electron chi connectivity index (χ1n) is 5.79. The maximum absolute atomic E-state index is 12.2. The highest BCUT2D eigenvalue weighted by molar-refractivity contribution is 7.98. The van der Waals surface area contributed by atoms with Crippen LogP contribution < -0.4 is 0 Å². The second-order valence-corrected chi connectivity index (χ2v) is 4.80. The lowest BCUT2D eigenvalue weighted by atomic mass is 10.1. The van der Waals surface area contributed by atoms with E-state index in [9.17, 15) is 4.79 Å². The average Bonchev–Trinajstić information content (AvgIpc) is 2.68. The van der Waals surface area contributed by atoms with Crippen molar-refractivity contribution in [3.8, 4) is 0 Å². The lowest BCUT2D eigenvalue weighted by molar-refractivity contribution is -0.0211. The summed E-state index contributed by atoms with van der Waals surface area (Å²) in [6, 6.07) is 7.57. The zero-order valence-corrected chi connectivity index (χ0v) is 11.4. The molecule has 1 aromatic carbocycles. The molecular weight excluding hydrogens is 250 g/mol. The standard InChI is InChI=1S/C13H17NO3S/c1-16-13-11-6-4-3-5-10(11)12(15)14(13)7-8-17-9-18-2/h3-6,13H,7-9H2,1-2H3. The molecule has 0 bridgehead atoms. The average molecular weight is 267 g/mol. The van der Waals surface area contributed by atoms with Gasteiger partial charge in [0.05, 0.1) is 12.5 Å². The van der Waals surface area contributed by atoms with Crippen LogP contribution in [-0.2, 0) is 9.47 Å². The minimum atomic E-state index is -0.286. The minimum Gasteiger partial charge on any atom is -0.369 e. The Kier molecular flexibility index (Phi) is 4.63. The molecule has 0 radical (unpaired) electrons. The fourth-order valence-corrected chi connectivity index (χ4v) is 2.40. The largest absolute Gasteiger partial charge is 0.369 e. The van der Waals surface area contributed by atoms with Crippen molar-refractivity contribution in [2.24, 2.45) is 0 Å². The summed E-state index contributed by atoms with van der Waals surface area (Å²) in [6.45, 7) is 1.08. The van der Waals surface area contributed by atoms with Crippen molar-refractivity contribution in [2.45, 2.75) is 6.23 Å². The third-order valence-corrected chi connectivity index (χ3v) is 3.30. The molecule has 1 amide bonds. The van der Waals surface area contributed by atoms with E-state index in [4.69, 9.17) is 9.47 Å². The Morgan fingerprint density at radius 3 is 2.89 bits per heavy atom. The SMILES string of the molecule is COC1c2ccccc2C(=O)N1CCOCSC. The zero-order valence-electron chi connectivity index (χ0n) is 10.6. The molecule has 4 nitrogen and oxygen atoms in total. The van der Waals surface area contributed by atoms with Gasteiger partial charge in [-0.25, -0.2) is 0 Å². The summed E-state index contributed by atoms with van der Waals surface area (Å²) in [6.07, 6.45) is 1.70. The predicted octanol–water partition coefficient (Wildman–Crippen LogP) is 2.12. The molecule has 1 aliphatic rings. The number of thioether (sulfide) groups is 1. The number of carbonyl (C=O) groups excluding carboxylic acids is 1. The molecule has 1 heterocycles. The second-order valence-electron chi connectivity index (χ2n) is 3.99. The van der Waals surface area contributed by atoms with Crippen LogP contribution in [-0.4, -0.2) is 43.3 Å². The predicted molar refractivity (Wildman–Crippen MR) is 71.6 cm³/mol. The maximum atomic E-state index is 12.2. The van der Waals surface area contributed by atoms with E-state index in [0.717, 1.165) is 11.1 Å². The minimum absolute atomic E-state index is 0.0187. The van der Waals surface area contributed by atoms with Gasteiger partial charge in [-0.1, -0.05) is 18.2 Å². The highest BCUT2D eigenvalue weighted by atomic mass is 32.2. The van der Waals surface area contributed by atoms with Crippen LogP contribution in [0, 0.1) is 0 Å². The van der Waals surface area contributed by atoms with Gasteiger partial charge in [0.25, 0.3) is 5.91 Å². The molecule has 0 fully saturated rings. The van der Waals surface area contributed by atoms with Crippen molar-refractivity contribution in [1.29, 1.82) is 0 Å². The van der Waals surface area contributed by atoms with E-state index < -0.39 is 0 Å². The van der Waals surface area contributed by atoms with Crippen molar-refractivity contribution in [1.82, 2.24) is 4.90 Å². The Balaban J connectivity index is 2.06. The number of benzene rings is 1. The van der Waals surface area contributed by atoms with Gasteiger partial charge >= 0.3 is 0 Å². The molecule has 0 N–H and O–H groups in total. The third kappa shape index (κ3) is 2.53. The van der Waals surface area contributed by atoms with Gasteiger partial charge < -0.3 is 14.4 Å². The molecule has 98 valence electrons. The Morgan fingerprint density at radius 1 is 1.39 bits per heavy atom. The van der Waals surface area contributed by atoms with Gasteiger partial charge in [-0.3, -0.25) is 4.79 Å². The molecule has 18 heavy (non-hydrogen) atoms. The van der Waals surface area contributed by atoms with Crippen LogP contribution in [0.4, 0.5) is 0 Å². The molecule has 2 rings (SSSR count). The number of hydrogen-bond donors (Lipinski definition) is 0. The van der Waals surface area contributed by atoms with Crippen molar-refractivity contribution in [3.63, 3.8) is 0 Å². The van der Waals surface area contributed by atoms with Crippen molar-refractivity contribution in [3.05, 3.63) is 35.4 Å². The Hall–Kier alpha value is -1.04.